The summed E-state index contributed by atoms with van der Waals surface area (Å²) in [6.45, 7) is 12.6. The largest absolute Gasteiger partial charge is 0.209 e. The highest BCUT2D eigenvalue weighted by Crippen LogP contribution is 2.39. The summed E-state index contributed by atoms with van der Waals surface area (Å²) in [5.74, 6) is 0. The van der Waals surface area contributed by atoms with Crippen LogP contribution in [0.2, 0.25) is 0 Å². The summed E-state index contributed by atoms with van der Waals surface area (Å²) in [4.78, 5) is 0. The van der Waals surface area contributed by atoms with E-state index < -0.39 is 0 Å². The molecule has 1 heteroatoms. The van der Waals surface area contributed by atoms with Crippen LogP contribution in [0.5, 0.6) is 0 Å². The van der Waals surface area contributed by atoms with Crippen LogP contribution in [0.15, 0.2) is 18.2 Å². The number of hydrogen-bond acceptors (Lipinski definition) is 0. The van der Waals surface area contributed by atoms with Gasteiger partial charge >= 0.3 is 0 Å². The summed E-state index contributed by atoms with van der Waals surface area (Å²) >= 11 is 0. The molecule has 1 heterocycles. The number of unbranched alkanes of at least 4 members (excludes halogenated alkanes) is 2. The fraction of sp³-hybridized carbons (Fsp3) is 0.588. The molecule has 0 saturated heterocycles. The summed E-state index contributed by atoms with van der Waals surface area (Å²) in [7, 11) is 0. The quantitative estimate of drug-likeness (QED) is 0.538. The fourth-order valence-electron chi connectivity index (χ4n) is 2.91. The average molecular weight is 244 g/mol. The van der Waals surface area contributed by atoms with Crippen molar-refractivity contribution in [3.05, 3.63) is 29.3 Å². The molecule has 0 aromatic heterocycles. The molecular weight excluding hydrogens is 218 g/mol. The van der Waals surface area contributed by atoms with E-state index in [1.54, 1.807) is 0 Å². The van der Waals surface area contributed by atoms with Gasteiger partial charge in [-0.05, 0) is 33.3 Å². The molecule has 1 nitrogen and oxygen atoms in total. The predicted molar refractivity (Wildman–Crippen MR) is 79.2 cm³/mol. The first-order valence-corrected chi connectivity index (χ1v) is 7.21. The number of fused-ring (bicyclic) bond motifs is 1. The highest BCUT2D eigenvalue weighted by atomic mass is 15.1. The van der Waals surface area contributed by atoms with Gasteiger partial charge in [-0.25, -0.2) is 0 Å². The second-order valence-corrected chi connectivity index (χ2v) is 6.09. The van der Waals surface area contributed by atoms with E-state index in [-0.39, 0.29) is 5.41 Å². The van der Waals surface area contributed by atoms with Gasteiger partial charge in [-0.15, -0.1) is 0 Å². The molecule has 1 aromatic carbocycles. The first-order valence-electron chi connectivity index (χ1n) is 7.21. The molecule has 0 fully saturated rings. The minimum Gasteiger partial charge on any atom is -0.199 e. The maximum Gasteiger partial charge on any atom is 0.209 e. The van der Waals surface area contributed by atoms with Crippen LogP contribution in [-0.4, -0.2) is 16.8 Å². The third kappa shape index (κ3) is 2.11. The number of aryl methyl sites for hydroxylation is 1. The van der Waals surface area contributed by atoms with Crippen LogP contribution >= 0.6 is 0 Å². The molecule has 2 rings (SSSR count). The van der Waals surface area contributed by atoms with E-state index in [0.29, 0.717) is 0 Å². The van der Waals surface area contributed by atoms with Gasteiger partial charge in [-0.2, -0.15) is 4.58 Å². The first kappa shape index (κ1) is 13.3. The molecule has 0 saturated carbocycles. The molecule has 0 atom stereocenters. The van der Waals surface area contributed by atoms with E-state index in [1.165, 1.54) is 48.3 Å². The predicted octanol–water partition coefficient (Wildman–Crippen LogP) is 4.58. The average Bonchev–Trinajstić information content (AvgIpc) is 2.51. The van der Waals surface area contributed by atoms with E-state index in [0.717, 1.165) is 0 Å². The van der Waals surface area contributed by atoms with E-state index in [2.05, 4.69) is 57.4 Å². The molecule has 1 aliphatic rings. The Morgan fingerprint density at radius 1 is 1.11 bits per heavy atom. The van der Waals surface area contributed by atoms with Crippen LogP contribution in [0, 0.1) is 6.92 Å². The van der Waals surface area contributed by atoms with Gasteiger partial charge in [0.1, 0.15) is 6.54 Å². The summed E-state index contributed by atoms with van der Waals surface area (Å²) in [6, 6.07) is 6.90. The first-order chi connectivity index (χ1) is 8.48. The maximum atomic E-state index is 2.53. The highest BCUT2D eigenvalue weighted by molar-refractivity contribution is 5.93. The van der Waals surface area contributed by atoms with E-state index in [1.807, 2.05) is 0 Å². The SMILES string of the molecule is CCCCC[N+]1=C(C)C(C)(C)c2cc(C)ccc21. The Morgan fingerprint density at radius 3 is 2.50 bits per heavy atom. The minimum atomic E-state index is 0.188. The zero-order valence-electron chi connectivity index (χ0n) is 12.5. The summed E-state index contributed by atoms with van der Waals surface area (Å²) in [5, 5.41) is 0. The Balaban J connectivity index is 2.38. The Kier molecular flexibility index (Phi) is 3.61. The summed E-state index contributed by atoms with van der Waals surface area (Å²) < 4.78 is 2.53. The fourth-order valence-corrected chi connectivity index (χ4v) is 2.91. The van der Waals surface area contributed by atoms with Crippen molar-refractivity contribution in [2.45, 2.75) is 59.3 Å². The van der Waals surface area contributed by atoms with E-state index >= 15 is 0 Å². The zero-order chi connectivity index (χ0) is 13.3. The third-order valence-electron chi connectivity index (χ3n) is 4.41. The van der Waals surface area contributed by atoms with Crippen LogP contribution in [0.3, 0.4) is 0 Å². The molecule has 0 unspecified atom stereocenters. The third-order valence-corrected chi connectivity index (χ3v) is 4.41. The topological polar surface area (TPSA) is 3.01 Å². The van der Waals surface area contributed by atoms with Gasteiger partial charge in [-0.3, -0.25) is 0 Å². The van der Waals surface area contributed by atoms with Gasteiger partial charge in [0.05, 0.1) is 5.41 Å². The normalized spacial score (nSPS) is 17.2. The summed E-state index contributed by atoms with van der Waals surface area (Å²) in [5.41, 5.74) is 5.98. The van der Waals surface area contributed by atoms with Gasteiger partial charge < -0.3 is 0 Å². The van der Waals surface area contributed by atoms with Crippen LogP contribution in [0.1, 0.15) is 58.1 Å². The Bertz CT molecular complexity index is 480. The van der Waals surface area contributed by atoms with Crippen LogP contribution in [-0.2, 0) is 5.41 Å². The second-order valence-electron chi connectivity index (χ2n) is 6.09. The Hall–Kier alpha value is -1.11. The van der Waals surface area contributed by atoms with Crippen molar-refractivity contribution in [1.29, 1.82) is 0 Å². The number of nitrogens with zero attached hydrogens (tertiary/aromatic N) is 1. The van der Waals surface area contributed by atoms with Crippen molar-refractivity contribution in [2.24, 2.45) is 0 Å². The van der Waals surface area contributed by atoms with Gasteiger partial charge in [0.25, 0.3) is 0 Å². The van der Waals surface area contributed by atoms with Crippen molar-refractivity contribution in [3.63, 3.8) is 0 Å². The van der Waals surface area contributed by atoms with Crippen LogP contribution < -0.4 is 0 Å². The smallest absolute Gasteiger partial charge is 0.199 e. The standard InChI is InChI=1S/C17H26N/c1-6-7-8-11-18-14(3)17(4,5)15-12-13(2)9-10-16(15)18/h9-10,12H,6-8,11H2,1-5H3/q+1. The van der Waals surface area contributed by atoms with Crippen molar-refractivity contribution >= 4 is 11.4 Å². The summed E-state index contributed by atoms with van der Waals surface area (Å²) in [6.07, 6.45) is 3.90. The molecule has 0 radical (unpaired) electrons. The molecular formula is C17H26N+. The number of benzene rings is 1. The lowest BCUT2D eigenvalue weighted by molar-refractivity contribution is -0.439. The molecule has 0 spiro atoms. The molecule has 18 heavy (non-hydrogen) atoms. The van der Waals surface area contributed by atoms with Crippen LogP contribution in [0.4, 0.5) is 5.69 Å². The Labute approximate surface area is 112 Å². The van der Waals surface area contributed by atoms with Gasteiger partial charge in [0.2, 0.25) is 5.69 Å². The van der Waals surface area contributed by atoms with Crippen molar-refractivity contribution in [1.82, 2.24) is 0 Å². The molecule has 98 valence electrons. The number of rotatable bonds is 4. The monoisotopic (exact) mass is 244 g/mol. The van der Waals surface area contributed by atoms with Crippen molar-refractivity contribution in [2.75, 3.05) is 6.54 Å². The molecule has 0 amide bonds. The van der Waals surface area contributed by atoms with E-state index in [4.69, 9.17) is 0 Å². The molecule has 1 aliphatic heterocycles. The molecule has 1 aromatic rings. The van der Waals surface area contributed by atoms with Crippen molar-refractivity contribution < 1.29 is 4.58 Å². The van der Waals surface area contributed by atoms with E-state index in [9.17, 15) is 0 Å². The van der Waals surface area contributed by atoms with Crippen LogP contribution in [0.25, 0.3) is 0 Å². The Morgan fingerprint density at radius 2 is 1.83 bits per heavy atom. The second kappa shape index (κ2) is 4.87. The van der Waals surface area contributed by atoms with Crippen molar-refractivity contribution in [3.8, 4) is 0 Å². The zero-order valence-corrected chi connectivity index (χ0v) is 12.5. The highest BCUT2D eigenvalue weighted by Gasteiger charge is 2.42. The lowest BCUT2D eigenvalue weighted by Gasteiger charge is -2.15. The number of hydrogen-bond donors (Lipinski definition) is 0. The lowest BCUT2D eigenvalue weighted by Crippen LogP contribution is -2.26. The van der Waals surface area contributed by atoms with Gasteiger partial charge in [0, 0.05) is 25.0 Å². The maximum absolute atomic E-state index is 2.53. The van der Waals surface area contributed by atoms with Gasteiger partial charge in [-0.1, -0.05) is 25.0 Å². The molecule has 0 N–H and O–H groups in total. The van der Waals surface area contributed by atoms with Gasteiger partial charge in [0.15, 0.2) is 5.71 Å². The molecule has 0 bridgehead atoms. The minimum absolute atomic E-state index is 0.188. The lowest BCUT2D eigenvalue weighted by atomic mass is 9.82. The molecule has 0 aliphatic carbocycles.